The molecule has 204 valence electrons. The lowest BCUT2D eigenvalue weighted by Gasteiger charge is -2.39. The van der Waals surface area contributed by atoms with E-state index in [1.165, 1.54) is 6.42 Å². The lowest BCUT2D eigenvalue weighted by atomic mass is 9.99. The van der Waals surface area contributed by atoms with Crippen LogP contribution in [0.4, 0.5) is 0 Å². The van der Waals surface area contributed by atoms with E-state index >= 15 is 0 Å². The van der Waals surface area contributed by atoms with Gasteiger partial charge in [0.15, 0.2) is 12.1 Å². The molecule has 0 saturated carbocycles. The Kier molecular flexibility index (Phi) is 16.1. The summed E-state index contributed by atoms with van der Waals surface area (Å²) in [5, 5.41) is 45.4. The number of ether oxygens (including phenoxy) is 2. The summed E-state index contributed by atoms with van der Waals surface area (Å²) in [6.45, 7) is 12.5. The molecule has 1 aliphatic rings. The van der Waals surface area contributed by atoms with E-state index in [1.54, 1.807) is 6.92 Å². The number of unbranched alkanes of at least 4 members (excludes halogenated alkanes) is 4. The van der Waals surface area contributed by atoms with Gasteiger partial charge in [-0.3, -0.25) is 4.79 Å². The molecule has 0 aliphatic carbocycles. The normalized spacial score (nSPS) is 25.1. The standard InChI is InChI=1S/C26H48N2O7/c1-5-6-7-13-19(3)28-21(20(4)30)14-8-10-15-27-18(2)12-9-11-16-34-26-25(33)24(32)23(31)22(17-29)35-26/h21-29,31-33H,2-3,5-17H2,1,4H3/t21-,22?,23?,24?,25?,26?/m0/s1. The molecular formula is C26H48N2O7. The van der Waals surface area contributed by atoms with Gasteiger partial charge in [-0.05, 0) is 58.3 Å². The first-order valence-corrected chi connectivity index (χ1v) is 13.0. The molecule has 1 rings (SSSR count). The van der Waals surface area contributed by atoms with Gasteiger partial charge in [0.05, 0.1) is 12.6 Å². The number of rotatable bonds is 20. The second kappa shape index (κ2) is 17.9. The molecule has 1 aliphatic heterocycles. The third-order valence-corrected chi connectivity index (χ3v) is 6.25. The summed E-state index contributed by atoms with van der Waals surface area (Å²) >= 11 is 0. The highest BCUT2D eigenvalue weighted by atomic mass is 16.7. The lowest BCUT2D eigenvalue weighted by molar-refractivity contribution is -0.301. The van der Waals surface area contributed by atoms with Crippen molar-refractivity contribution in [1.82, 2.24) is 10.6 Å². The predicted octanol–water partition coefficient (Wildman–Crippen LogP) is 1.89. The summed E-state index contributed by atoms with van der Waals surface area (Å²) < 4.78 is 10.8. The third kappa shape index (κ3) is 12.3. The van der Waals surface area contributed by atoms with Crippen molar-refractivity contribution in [2.24, 2.45) is 0 Å². The van der Waals surface area contributed by atoms with Gasteiger partial charge in [0.25, 0.3) is 0 Å². The number of aliphatic hydroxyl groups excluding tert-OH is 4. The molecule has 0 amide bonds. The molecule has 9 heteroatoms. The summed E-state index contributed by atoms with van der Waals surface area (Å²) in [4.78, 5) is 11.9. The van der Waals surface area contributed by atoms with E-state index in [2.05, 4.69) is 30.7 Å². The Bertz CT molecular complexity index is 629. The largest absolute Gasteiger partial charge is 0.394 e. The predicted molar refractivity (Wildman–Crippen MR) is 135 cm³/mol. The van der Waals surface area contributed by atoms with Gasteiger partial charge in [0.2, 0.25) is 0 Å². The van der Waals surface area contributed by atoms with Gasteiger partial charge in [-0.2, -0.15) is 0 Å². The number of aliphatic hydroxyl groups is 4. The van der Waals surface area contributed by atoms with Crippen LogP contribution in [0.2, 0.25) is 0 Å². The Morgan fingerprint density at radius 1 is 0.971 bits per heavy atom. The minimum Gasteiger partial charge on any atom is -0.394 e. The van der Waals surface area contributed by atoms with E-state index in [-0.39, 0.29) is 11.8 Å². The fourth-order valence-electron chi connectivity index (χ4n) is 3.96. The molecule has 0 aromatic carbocycles. The second-order valence-corrected chi connectivity index (χ2v) is 9.42. The molecule has 35 heavy (non-hydrogen) atoms. The van der Waals surface area contributed by atoms with Crippen molar-refractivity contribution in [3.63, 3.8) is 0 Å². The number of hydrogen-bond donors (Lipinski definition) is 6. The first-order chi connectivity index (χ1) is 16.7. The second-order valence-electron chi connectivity index (χ2n) is 9.42. The number of nitrogens with one attached hydrogen (secondary N) is 2. The Hall–Kier alpha value is -1.49. The van der Waals surface area contributed by atoms with Crippen LogP contribution in [-0.2, 0) is 14.3 Å². The zero-order chi connectivity index (χ0) is 26.2. The third-order valence-electron chi connectivity index (χ3n) is 6.25. The molecule has 1 saturated heterocycles. The van der Waals surface area contributed by atoms with E-state index < -0.39 is 37.3 Å². The Morgan fingerprint density at radius 2 is 1.66 bits per heavy atom. The van der Waals surface area contributed by atoms with Crippen molar-refractivity contribution in [3.8, 4) is 0 Å². The van der Waals surface area contributed by atoms with Crippen molar-refractivity contribution in [3.05, 3.63) is 24.6 Å². The van der Waals surface area contributed by atoms with Crippen LogP contribution in [0.1, 0.15) is 78.1 Å². The molecule has 0 aromatic heterocycles. The smallest absolute Gasteiger partial charge is 0.186 e. The van der Waals surface area contributed by atoms with Crippen LogP contribution in [0.15, 0.2) is 24.6 Å². The van der Waals surface area contributed by atoms with E-state index in [4.69, 9.17) is 9.47 Å². The summed E-state index contributed by atoms with van der Waals surface area (Å²) in [6.07, 6.45) is 3.03. The highest BCUT2D eigenvalue weighted by Crippen LogP contribution is 2.22. The van der Waals surface area contributed by atoms with Gasteiger partial charge in [0, 0.05) is 24.5 Å². The number of hydrogen-bond acceptors (Lipinski definition) is 9. The van der Waals surface area contributed by atoms with Crippen LogP contribution >= 0.6 is 0 Å². The SMILES string of the molecule is C=C(CCCCOC1OC(CO)C(O)C(O)C1O)NCCCC[C@H](NC(=C)CCCCC)C(C)=O. The molecule has 0 radical (unpaired) electrons. The summed E-state index contributed by atoms with van der Waals surface area (Å²) in [6, 6.07) is -0.170. The zero-order valence-electron chi connectivity index (χ0n) is 21.6. The van der Waals surface area contributed by atoms with E-state index in [0.29, 0.717) is 13.0 Å². The molecule has 6 N–H and O–H groups in total. The van der Waals surface area contributed by atoms with Gasteiger partial charge in [-0.1, -0.05) is 32.9 Å². The van der Waals surface area contributed by atoms with Crippen LogP contribution in [0.5, 0.6) is 0 Å². The minimum atomic E-state index is -1.43. The number of carbonyl (C=O) groups is 1. The minimum absolute atomic E-state index is 0.143. The lowest BCUT2D eigenvalue weighted by Crippen LogP contribution is -2.59. The van der Waals surface area contributed by atoms with Crippen LogP contribution in [0, 0.1) is 0 Å². The fourth-order valence-corrected chi connectivity index (χ4v) is 3.96. The van der Waals surface area contributed by atoms with Crippen LogP contribution in [0.25, 0.3) is 0 Å². The molecule has 0 spiro atoms. The fraction of sp³-hybridized carbons (Fsp3) is 0.808. The first kappa shape index (κ1) is 31.5. The maximum Gasteiger partial charge on any atom is 0.186 e. The van der Waals surface area contributed by atoms with Crippen molar-refractivity contribution in [2.75, 3.05) is 19.8 Å². The molecule has 0 bridgehead atoms. The van der Waals surface area contributed by atoms with Crippen LogP contribution < -0.4 is 10.6 Å². The van der Waals surface area contributed by atoms with Crippen molar-refractivity contribution < 1.29 is 34.7 Å². The van der Waals surface area contributed by atoms with Crippen molar-refractivity contribution >= 4 is 5.78 Å². The van der Waals surface area contributed by atoms with Gasteiger partial charge in [0.1, 0.15) is 24.4 Å². The maximum atomic E-state index is 11.9. The number of ketones is 1. The summed E-state index contributed by atoms with van der Waals surface area (Å²) in [5.74, 6) is 0.143. The molecule has 5 unspecified atom stereocenters. The number of carbonyl (C=O) groups excluding carboxylic acids is 1. The molecule has 0 aromatic rings. The van der Waals surface area contributed by atoms with Crippen LogP contribution in [0.3, 0.4) is 0 Å². The molecule has 1 fully saturated rings. The number of Topliss-reactive ketones (excluding diaryl/α,β-unsaturated/α-hetero) is 1. The van der Waals surface area contributed by atoms with Gasteiger partial charge in [-0.15, -0.1) is 0 Å². The van der Waals surface area contributed by atoms with Gasteiger partial charge < -0.3 is 40.5 Å². The molecular weight excluding hydrogens is 452 g/mol. The Balaban J connectivity index is 2.13. The van der Waals surface area contributed by atoms with Crippen LogP contribution in [-0.4, -0.2) is 82.7 Å². The quantitative estimate of drug-likeness (QED) is 0.138. The van der Waals surface area contributed by atoms with E-state index in [0.717, 1.165) is 69.3 Å². The average molecular weight is 501 g/mol. The van der Waals surface area contributed by atoms with Crippen molar-refractivity contribution in [2.45, 2.75) is 115 Å². The zero-order valence-corrected chi connectivity index (χ0v) is 21.6. The topological polar surface area (TPSA) is 141 Å². The average Bonchev–Trinajstić information content (AvgIpc) is 2.82. The van der Waals surface area contributed by atoms with E-state index in [9.17, 15) is 25.2 Å². The first-order valence-electron chi connectivity index (χ1n) is 13.0. The highest BCUT2D eigenvalue weighted by Gasteiger charge is 2.43. The number of allylic oxidation sites excluding steroid dienone is 2. The highest BCUT2D eigenvalue weighted by molar-refractivity contribution is 5.81. The molecule has 1 heterocycles. The van der Waals surface area contributed by atoms with Gasteiger partial charge in [-0.25, -0.2) is 0 Å². The van der Waals surface area contributed by atoms with Gasteiger partial charge >= 0.3 is 0 Å². The Labute approximate surface area is 210 Å². The summed E-state index contributed by atoms with van der Waals surface area (Å²) in [7, 11) is 0. The monoisotopic (exact) mass is 500 g/mol. The Morgan fingerprint density at radius 3 is 2.31 bits per heavy atom. The van der Waals surface area contributed by atoms with Crippen molar-refractivity contribution in [1.29, 1.82) is 0 Å². The maximum absolute atomic E-state index is 11.9. The molecule has 9 nitrogen and oxygen atoms in total. The molecule has 6 atom stereocenters. The van der Waals surface area contributed by atoms with E-state index in [1.807, 2.05) is 0 Å². The summed E-state index contributed by atoms with van der Waals surface area (Å²) in [5.41, 5.74) is 1.88.